The minimum absolute atomic E-state index is 0.122. The Kier molecular flexibility index (Phi) is 4.38. The van der Waals surface area contributed by atoms with E-state index in [0.717, 1.165) is 11.1 Å². The van der Waals surface area contributed by atoms with Crippen molar-refractivity contribution in [3.8, 4) is 5.75 Å². The first-order valence-corrected chi connectivity index (χ1v) is 6.27. The second kappa shape index (κ2) is 6.21. The van der Waals surface area contributed by atoms with Crippen LogP contribution in [0.4, 0.5) is 0 Å². The summed E-state index contributed by atoms with van der Waals surface area (Å²) in [5.41, 5.74) is 1.73. The zero-order chi connectivity index (χ0) is 14.5. The summed E-state index contributed by atoms with van der Waals surface area (Å²) >= 11 is 0. The van der Waals surface area contributed by atoms with Gasteiger partial charge in [0.05, 0.1) is 5.56 Å². The van der Waals surface area contributed by atoms with E-state index in [0.29, 0.717) is 5.75 Å². The zero-order valence-electron chi connectivity index (χ0n) is 11.1. The van der Waals surface area contributed by atoms with E-state index in [1.807, 2.05) is 30.3 Å². The van der Waals surface area contributed by atoms with Crippen LogP contribution in [0, 0.1) is 6.92 Å². The molecule has 0 aliphatic carbocycles. The van der Waals surface area contributed by atoms with Crippen LogP contribution in [0.2, 0.25) is 0 Å². The number of benzene rings is 2. The molecule has 104 valence electrons. The molecule has 0 aliphatic rings. The van der Waals surface area contributed by atoms with Gasteiger partial charge in [0.2, 0.25) is 0 Å². The summed E-state index contributed by atoms with van der Waals surface area (Å²) in [6.07, 6.45) is -0.713. The van der Waals surface area contributed by atoms with Crippen molar-refractivity contribution in [2.45, 2.75) is 13.0 Å². The van der Waals surface area contributed by atoms with Crippen molar-refractivity contribution in [1.29, 1.82) is 0 Å². The van der Waals surface area contributed by atoms with Gasteiger partial charge < -0.3 is 14.9 Å². The fourth-order valence-corrected chi connectivity index (χ4v) is 1.88. The maximum Gasteiger partial charge on any atom is 0.335 e. The number of aliphatic hydroxyl groups is 1. The standard InChI is InChI=1S/C16H16O4/c1-11-9-13(16(18)19)7-8-15(11)20-10-14(17)12-5-3-2-4-6-12/h2-9,14,17H,10H2,1H3,(H,18,19). The van der Waals surface area contributed by atoms with E-state index in [1.54, 1.807) is 19.1 Å². The fourth-order valence-electron chi connectivity index (χ4n) is 1.88. The van der Waals surface area contributed by atoms with Gasteiger partial charge in [-0.05, 0) is 36.2 Å². The third-order valence-corrected chi connectivity index (χ3v) is 3.00. The van der Waals surface area contributed by atoms with Gasteiger partial charge in [0.15, 0.2) is 0 Å². The van der Waals surface area contributed by atoms with Crippen LogP contribution in [0.3, 0.4) is 0 Å². The number of hydrogen-bond acceptors (Lipinski definition) is 3. The van der Waals surface area contributed by atoms with Crippen LogP contribution < -0.4 is 4.74 Å². The highest BCUT2D eigenvalue weighted by Crippen LogP contribution is 2.21. The topological polar surface area (TPSA) is 66.8 Å². The highest BCUT2D eigenvalue weighted by atomic mass is 16.5. The van der Waals surface area contributed by atoms with E-state index < -0.39 is 12.1 Å². The molecular weight excluding hydrogens is 256 g/mol. The lowest BCUT2D eigenvalue weighted by Gasteiger charge is -2.14. The molecule has 1 unspecified atom stereocenters. The van der Waals surface area contributed by atoms with Gasteiger partial charge in [-0.25, -0.2) is 4.79 Å². The summed E-state index contributed by atoms with van der Waals surface area (Å²) in [5, 5.41) is 18.9. The molecule has 1 atom stereocenters. The molecule has 0 bridgehead atoms. The van der Waals surface area contributed by atoms with E-state index in [1.165, 1.54) is 6.07 Å². The van der Waals surface area contributed by atoms with E-state index in [4.69, 9.17) is 9.84 Å². The van der Waals surface area contributed by atoms with Crippen molar-refractivity contribution in [3.05, 3.63) is 65.2 Å². The first-order valence-electron chi connectivity index (χ1n) is 6.27. The number of rotatable bonds is 5. The van der Waals surface area contributed by atoms with Crippen molar-refractivity contribution < 1.29 is 19.7 Å². The predicted octanol–water partition coefficient (Wildman–Crippen LogP) is 2.81. The summed E-state index contributed by atoms with van der Waals surface area (Å²) in [4.78, 5) is 10.8. The van der Waals surface area contributed by atoms with Crippen LogP contribution in [0.5, 0.6) is 5.75 Å². The van der Waals surface area contributed by atoms with Gasteiger partial charge in [-0.3, -0.25) is 0 Å². The Balaban J connectivity index is 2.02. The van der Waals surface area contributed by atoms with Crippen molar-refractivity contribution >= 4 is 5.97 Å². The summed E-state index contributed by atoms with van der Waals surface area (Å²) in [6.45, 7) is 1.90. The quantitative estimate of drug-likeness (QED) is 0.878. The lowest BCUT2D eigenvalue weighted by atomic mass is 10.1. The number of carboxylic acid groups (broad SMARTS) is 1. The van der Waals surface area contributed by atoms with E-state index in [9.17, 15) is 9.90 Å². The molecule has 0 aromatic heterocycles. The fraction of sp³-hybridized carbons (Fsp3) is 0.188. The molecule has 2 aromatic carbocycles. The normalized spacial score (nSPS) is 11.9. The third kappa shape index (κ3) is 3.36. The van der Waals surface area contributed by atoms with Gasteiger partial charge in [0, 0.05) is 0 Å². The first kappa shape index (κ1) is 14.1. The van der Waals surface area contributed by atoms with E-state index in [2.05, 4.69) is 0 Å². The number of aromatic carboxylic acids is 1. The Bertz CT molecular complexity index is 593. The van der Waals surface area contributed by atoms with Crippen LogP contribution in [0.15, 0.2) is 48.5 Å². The van der Waals surface area contributed by atoms with Crippen LogP contribution in [-0.4, -0.2) is 22.8 Å². The Morgan fingerprint density at radius 3 is 2.50 bits per heavy atom. The molecule has 0 spiro atoms. The smallest absolute Gasteiger partial charge is 0.335 e. The summed E-state index contributed by atoms with van der Waals surface area (Å²) in [6, 6.07) is 13.9. The lowest BCUT2D eigenvalue weighted by Crippen LogP contribution is -2.10. The summed E-state index contributed by atoms with van der Waals surface area (Å²) < 4.78 is 5.54. The minimum atomic E-state index is -0.969. The number of aliphatic hydroxyl groups excluding tert-OH is 1. The minimum Gasteiger partial charge on any atom is -0.490 e. The Morgan fingerprint density at radius 2 is 1.90 bits per heavy atom. The highest BCUT2D eigenvalue weighted by molar-refractivity contribution is 5.88. The number of aryl methyl sites for hydroxylation is 1. The van der Waals surface area contributed by atoms with Crippen LogP contribution in [0.25, 0.3) is 0 Å². The molecule has 0 heterocycles. The molecule has 0 fully saturated rings. The Labute approximate surface area is 117 Å². The van der Waals surface area contributed by atoms with E-state index >= 15 is 0 Å². The predicted molar refractivity (Wildman–Crippen MR) is 75.0 cm³/mol. The lowest BCUT2D eigenvalue weighted by molar-refractivity contribution is 0.0696. The maximum atomic E-state index is 10.8. The highest BCUT2D eigenvalue weighted by Gasteiger charge is 2.10. The monoisotopic (exact) mass is 272 g/mol. The van der Waals surface area contributed by atoms with Gasteiger partial charge in [-0.15, -0.1) is 0 Å². The molecule has 0 amide bonds. The maximum absolute atomic E-state index is 10.8. The molecule has 4 nitrogen and oxygen atoms in total. The second-order valence-corrected chi connectivity index (χ2v) is 4.52. The van der Waals surface area contributed by atoms with E-state index in [-0.39, 0.29) is 12.2 Å². The molecule has 2 N–H and O–H groups in total. The molecule has 20 heavy (non-hydrogen) atoms. The van der Waals surface area contributed by atoms with Gasteiger partial charge in [-0.1, -0.05) is 30.3 Å². The zero-order valence-corrected chi connectivity index (χ0v) is 11.1. The number of carbonyl (C=O) groups is 1. The van der Waals surface area contributed by atoms with Gasteiger partial charge in [0.1, 0.15) is 18.5 Å². The van der Waals surface area contributed by atoms with Crippen molar-refractivity contribution in [1.82, 2.24) is 0 Å². The first-order chi connectivity index (χ1) is 9.58. The number of ether oxygens (including phenoxy) is 1. The Morgan fingerprint density at radius 1 is 1.20 bits per heavy atom. The number of carboxylic acids is 1. The molecule has 0 aliphatic heterocycles. The molecule has 0 saturated heterocycles. The third-order valence-electron chi connectivity index (χ3n) is 3.00. The summed E-state index contributed by atoms with van der Waals surface area (Å²) in [7, 11) is 0. The largest absolute Gasteiger partial charge is 0.490 e. The van der Waals surface area contributed by atoms with Crippen molar-refractivity contribution in [2.24, 2.45) is 0 Å². The van der Waals surface area contributed by atoms with Crippen LogP contribution in [-0.2, 0) is 0 Å². The van der Waals surface area contributed by atoms with Gasteiger partial charge in [0.25, 0.3) is 0 Å². The summed E-state index contributed by atoms with van der Waals surface area (Å²) in [5.74, 6) is -0.394. The van der Waals surface area contributed by atoms with Gasteiger partial charge in [-0.2, -0.15) is 0 Å². The molecular formula is C16H16O4. The van der Waals surface area contributed by atoms with Crippen LogP contribution in [0.1, 0.15) is 27.6 Å². The molecule has 0 radical (unpaired) electrons. The second-order valence-electron chi connectivity index (χ2n) is 4.52. The van der Waals surface area contributed by atoms with Crippen molar-refractivity contribution in [2.75, 3.05) is 6.61 Å². The SMILES string of the molecule is Cc1cc(C(=O)O)ccc1OCC(O)c1ccccc1. The Hall–Kier alpha value is -2.33. The average Bonchev–Trinajstić information content (AvgIpc) is 2.46. The average molecular weight is 272 g/mol. The molecule has 2 aromatic rings. The van der Waals surface area contributed by atoms with Gasteiger partial charge >= 0.3 is 5.97 Å². The number of hydrogen-bond donors (Lipinski definition) is 2. The molecule has 2 rings (SSSR count). The van der Waals surface area contributed by atoms with Crippen molar-refractivity contribution in [3.63, 3.8) is 0 Å². The molecule has 0 saturated carbocycles. The molecule has 4 heteroatoms. The van der Waals surface area contributed by atoms with Crippen LogP contribution >= 0.6 is 0 Å².